The van der Waals surface area contributed by atoms with Crippen LogP contribution in [-0.2, 0) is 4.79 Å². The lowest BCUT2D eigenvalue weighted by molar-refractivity contribution is -0.122. The van der Waals surface area contributed by atoms with Crippen LogP contribution in [0.2, 0.25) is 0 Å². The molecule has 0 radical (unpaired) electrons. The van der Waals surface area contributed by atoms with Crippen LogP contribution in [0.25, 0.3) is 0 Å². The van der Waals surface area contributed by atoms with Gasteiger partial charge in [-0.3, -0.25) is 4.79 Å². The molecule has 0 saturated heterocycles. The van der Waals surface area contributed by atoms with Crippen LogP contribution in [0.4, 0.5) is 11.4 Å². The summed E-state index contributed by atoms with van der Waals surface area (Å²) in [6.07, 6.45) is 2.08. The van der Waals surface area contributed by atoms with E-state index in [1.807, 2.05) is 0 Å². The highest BCUT2D eigenvalue weighted by atomic mass is 16.4. The third kappa shape index (κ3) is 3.01. The fourth-order valence-electron chi connectivity index (χ4n) is 1.94. The molecule has 1 aliphatic carbocycles. The number of amides is 1. The molecule has 0 bridgehead atoms. The van der Waals surface area contributed by atoms with Crippen molar-refractivity contribution >= 4 is 23.3 Å². The monoisotopic (exact) mass is 277 g/mol. The van der Waals surface area contributed by atoms with Gasteiger partial charge < -0.3 is 21.1 Å². The molecule has 0 heterocycles. The third-order valence-electron chi connectivity index (χ3n) is 3.54. The van der Waals surface area contributed by atoms with E-state index >= 15 is 0 Å². The molecule has 20 heavy (non-hydrogen) atoms. The number of anilines is 2. The average Bonchev–Trinajstić information content (AvgIpc) is 3.20. The second-order valence-corrected chi connectivity index (χ2v) is 5.15. The van der Waals surface area contributed by atoms with E-state index in [2.05, 4.69) is 5.32 Å². The lowest BCUT2D eigenvalue weighted by atomic mass is 10.1. The maximum absolute atomic E-state index is 12.0. The van der Waals surface area contributed by atoms with E-state index in [4.69, 9.17) is 10.8 Å². The maximum atomic E-state index is 12.0. The average molecular weight is 277 g/mol. The number of nitrogens with two attached hydrogens (primary N) is 1. The smallest absolute Gasteiger partial charge is 0.335 e. The van der Waals surface area contributed by atoms with Crippen molar-refractivity contribution in [3.8, 4) is 0 Å². The van der Waals surface area contributed by atoms with Crippen molar-refractivity contribution in [1.29, 1.82) is 0 Å². The molecule has 108 valence electrons. The standard InChI is InChI=1S/C14H19N3O3/c1-8(13(18)16-10-4-5-10)17(2)12-6-3-9(14(19)20)7-11(12)15/h3,6-8,10H,4-5,15H2,1-2H3,(H,16,18)(H,19,20). The van der Waals surface area contributed by atoms with Crippen LogP contribution < -0.4 is 16.0 Å². The Bertz CT molecular complexity index is 540. The molecule has 1 fully saturated rings. The number of carboxylic acids is 1. The minimum Gasteiger partial charge on any atom is -0.478 e. The van der Waals surface area contributed by atoms with Crippen LogP contribution in [0.3, 0.4) is 0 Å². The molecule has 1 aromatic carbocycles. The number of hydrogen-bond acceptors (Lipinski definition) is 4. The zero-order valence-corrected chi connectivity index (χ0v) is 11.6. The van der Waals surface area contributed by atoms with Crippen LogP contribution in [0.5, 0.6) is 0 Å². The molecule has 6 heteroatoms. The van der Waals surface area contributed by atoms with Gasteiger partial charge in [0.2, 0.25) is 5.91 Å². The first kappa shape index (κ1) is 14.2. The Kier molecular flexibility index (Phi) is 3.83. The van der Waals surface area contributed by atoms with Crippen molar-refractivity contribution in [2.24, 2.45) is 0 Å². The van der Waals surface area contributed by atoms with Gasteiger partial charge in [-0.2, -0.15) is 0 Å². The van der Waals surface area contributed by atoms with Gasteiger partial charge in [0, 0.05) is 13.1 Å². The molecule has 6 nitrogen and oxygen atoms in total. The van der Waals surface area contributed by atoms with Gasteiger partial charge in [0.1, 0.15) is 6.04 Å². The Labute approximate surface area is 117 Å². The zero-order valence-electron chi connectivity index (χ0n) is 11.6. The SMILES string of the molecule is CC(C(=O)NC1CC1)N(C)c1ccc(C(=O)O)cc1N. The van der Waals surface area contributed by atoms with Crippen LogP contribution in [0.1, 0.15) is 30.1 Å². The highest BCUT2D eigenvalue weighted by molar-refractivity contribution is 5.91. The molecule has 1 aromatic rings. The lowest BCUT2D eigenvalue weighted by Gasteiger charge is -2.27. The van der Waals surface area contributed by atoms with E-state index in [0.29, 0.717) is 17.4 Å². The molecule has 1 atom stereocenters. The van der Waals surface area contributed by atoms with Crippen LogP contribution >= 0.6 is 0 Å². The number of carboxylic acid groups (broad SMARTS) is 1. The fraction of sp³-hybridized carbons (Fsp3) is 0.429. The summed E-state index contributed by atoms with van der Waals surface area (Å²) in [6, 6.07) is 4.45. The number of nitrogen functional groups attached to an aromatic ring is 1. The summed E-state index contributed by atoms with van der Waals surface area (Å²) in [6.45, 7) is 1.79. The summed E-state index contributed by atoms with van der Waals surface area (Å²) in [4.78, 5) is 24.6. The van der Waals surface area contributed by atoms with Gasteiger partial charge in [-0.05, 0) is 38.0 Å². The van der Waals surface area contributed by atoms with Gasteiger partial charge in [-0.1, -0.05) is 0 Å². The lowest BCUT2D eigenvalue weighted by Crippen LogP contribution is -2.44. The Morgan fingerprint density at radius 2 is 2.10 bits per heavy atom. The van der Waals surface area contributed by atoms with E-state index in [-0.39, 0.29) is 17.5 Å². The van der Waals surface area contributed by atoms with Crippen LogP contribution in [-0.4, -0.2) is 36.1 Å². The summed E-state index contributed by atoms with van der Waals surface area (Å²) < 4.78 is 0. The molecular formula is C14H19N3O3. The van der Waals surface area contributed by atoms with E-state index < -0.39 is 5.97 Å². The van der Waals surface area contributed by atoms with Gasteiger partial charge in [0.25, 0.3) is 0 Å². The number of carbonyl (C=O) groups is 2. The summed E-state index contributed by atoms with van der Waals surface area (Å²) in [7, 11) is 1.77. The Hall–Kier alpha value is -2.24. The molecule has 0 spiro atoms. The number of likely N-dealkylation sites (N-methyl/N-ethyl adjacent to an activating group) is 1. The molecular weight excluding hydrogens is 258 g/mol. The van der Waals surface area contributed by atoms with E-state index in [1.165, 1.54) is 12.1 Å². The highest BCUT2D eigenvalue weighted by Crippen LogP contribution is 2.26. The van der Waals surface area contributed by atoms with Gasteiger partial charge in [0.05, 0.1) is 16.9 Å². The van der Waals surface area contributed by atoms with Crippen molar-refractivity contribution in [3.05, 3.63) is 23.8 Å². The Balaban J connectivity index is 2.12. The number of aromatic carboxylic acids is 1. The van der Waals surface area contributed by atoms with E-state index in [0.717, 1.165) is 12.8 Å². The van der Waals surface area contributed by atoms with Crippen molar-refractivity contribution in [3.63, 3.8) is 0 Å². The highest BCUT2D eigenvalue weighted by Gasteiger charge is 2.27. The molecule has 2 rings (SSSR count). The molecule has 0 aliphatic heterocycles. The van der Waals surface area contributed by atoms with E-state index in [1.54, 1.807) is 24.9 Å². The number of nitrogens with zero attached hydrogens (tertiary/aromatic N) is 1. The first-order chi connectivity index (χ1) is 9.40. The van der Waals surface area contributed by atoms with Gasteiger partial charge in [0.15, 0.2) is 0 Å². The predicted molar refractivity (Wildman–Crippen MR) is 76.8 cm³/mol. The summed E-state index contributed by atoms with van der Waals surface area (Å²) in [5.74, 6) is -1.07. The Morgan fingerprint density at radius 1 is 1.45 bits per heavy atom. The second kappa shape index (κ2) is 5.40. The molecule has 1 saturated carbocycles. The molecule has 1 aliphatic rings. The van der Waals surface area contributed by atoms with Gasteiger partial charge in [-0.25, -0.2) is 4.79 Å². The summed E-state index contributed by atoms with van der Waals surface area (Å²) >= 11 is 0. The summed E-state index contributed by atoms with van der Waals surface area (Å²) in [5, 5.41) is 11.8. The number of hydrogen-bond donors (Lipinski definition) is 3. The predicted octanol–water partition coefficient (Wildman–Crippen LogP) is 1.07. The molecule has 1 amide bonds. The second-order valence-electron chi connectivity index (χ2n) is 5.15. The van der Waals surface area contributed by atoms with E-state index in [9.17, 15) is 9.59 Å². The first-order valence-corrected chi connectivity index (χ1v) is 6.56. The fourth-order valence-corrected chi connectivity index (χ4v) is 1.94. The van der Waals surface area contributed by atoms with Gasteiger partial charge >= 0.3 is 5.97 Å². The maximum Gasteiger partial charge on any atom is 0.335 e. The number of carbonyl (C=O) groups excluding carboxylic acids is 1. The number of nitrogens with one attached hydrogen (secondary N) is 1. The Morgan fingerprint density at radius 3 is 2.60 bits per heavy atom. The minimum absolute atomic E-state index is 0.0447. The van der Waals surface area contributed by atoms with Crippen LogP contribution in [0, 0.1) is 0 Å². The summed E-state index contributed by atoms with van der Waals surface area (Å²) in [5.41, 5.74) is 7.00. The topological polar surface area (TPSA) is 95.7 Å². The van der Waals surface area contributed by atoms with Crippen molar-refractivity contribution < 1.29 is 14.7 Å². The third-order valence-corrected chi connectivity index (χ3v) is 3.54. The minimum atomic E-state index is -1.02. The normalized spacial score (nSPS) is 15.5. The molecule has 1 unspecified atom stereocenters. The molecule has 0 aromatic heterocycles. The number of benzene rings is 1. The quantitative estimate of drug-likeness (QED) is 0.700. The van der Waals surface area contributed by atoms with Gasteiger partial charge in [-0.15, -0.1) is 0 Å². The largest absolute Gasteiger partial charge is 0.478 e. The first-order valence-electron chi connectivity index (χ1n) is 6.56. The van der Waals surface area contributed by atoms with Crippen molar-refractivity contribution in [1.82, 2.24) is 5.32 Å². The number of rotatable bonds is 5. The van der Waals surface area contributed by atoms with Crippen LogP contribution in [0.15, 0.2) is 18.2 Å². The zero-order chi connectivity index (χ0) is 14.9. The molecule has 4 N–H and O–H groups in total. The van der Waals surface area contributed by atoms with Crippen molar-refractivity contribution in [2.75, 3.05) is 17.7 Å². The van der Waals surface area contributed by atoms with Crippen molar-refractivity contribution in [2.45, 2.75) is 31.8 Å².